The number of anilines is 1. The number of carbonyl (C=O) groups excluding carboxylic acids is 1. The van der Waals surface area contributed by atoms with Crippen LogP contribution >= 0.6 is 0 Å². The number of nitrogens with one attached hydrogen (secondary N) is 2. The number of ether oxygens (including phenoxy) is 1. The van der Waals surface area contributed by atoms with E-state index >= 15 is 0 Å². The van der Waals surface area contributed by atoms with Crippen molar-refractivity contribution in [3.8, 4) is 5.75 Å². The first kappa shape index (κ1) is 16.5. The lowest BCUT2D eigenvalue weighted by Gasteiger charge is -2.20. The Bertz CT molecular complexity index is 847. The highest BCUT2D eigenvalue weighted by Crippen LogP contribution is 2.24. The number of carbonyl (C=O) groups is 1. The van der Waals surface area contributed by atoms with Crippen molar-refractivity contribution < 1.29 is 9.53 Å². The van der Waals surface area contributed by atoms with Crippen LogP contribution in [0.1, 0.15) is 17.4 Å². The Labute approximate surface area is 145 Å². The maximum Gasteiger partial charge on any atom is 0.320 e. The lowest BCUT2D eigenvalue weighted by atomic mass is 10.1. The fourth-order valence-electron chi connectivity index (χ4n) is 2.51. The number of rotatable bonds is 5. The van der Waals surface area contributed by atoms with Gasteiger partial charge in [0.05, 0.1) is 19.0 Å². The fourth-order valence-corrected chi connectivity index (χ4v) is 2.51. The van der Waals surface area contributed by atoms with E-state index in [2.05, 4.69) is 20.6 Å². The summed E-state index contributed by atoms with van der Waals surface area (Å²) in [6.45, 7) is 0. The molecule has 0 saturated heterocycles. The molecule has 2 aromatic heterocycles. The van der Waals surface area contributed by atoms with E-state index in [0.29, 0.717) is 11.4 Å². The summed E-state index contributed by atoms with van der Waals surface area (Å²) in [4.78, 5) is 20.8. The molecule has 0 aliphatic heterocycles. The number of pyridine rings is 1. The second-order valence-corrected chi connectivity index (χ2v) is 5.45. The molecule has 1 aromatic carbocycles. The maximum absolute atomic E-state index is 12.4. The molecule has 0 bridgehead atoms. The molecule has 2 heterocycles. The van der Waals surface area contributed by atoms with E-state index in [0.717, 1.165) is 11.4 Å². The van der Waals surface area contributed by atoms with Crippen LogP contribution in [0.15, 0.2) is 61.2 Å². The van der Waals surface area contributed by atoms with Gasteiger partial charge in [-0.25, -0.2) is 9.78 Å². The summed E-state index contributed by atoms with van der Waals surface area (Å²) in [5.41, 5.74) is 1.49. The van der Waals surface area contributed by atoms with Crippen LogP contribution in [0.2, 0.25) is 0 Å². The number of amides is 2. The Hall–Kier alpha value is -3.35. The molecule has 7 heteroatoms. The number of benzene rings is 1. The van der Waals surface area contributed by atoms with E-state index < -0.39 is 6.04 Å². The fraction of sp³-hybridized carbons (Fsp3) is 0.167. The van der Waals surface area contributed by atoms with Gasteiger partial charge in [0.15, 0.2) is 0 Å². The largest absolute Gasteiger partial charge is 0.497 e. The Balaban J connectivity index is 1.86. The number of imidazole rings is 1. The summed E-state index contributed by atoms with van der Waals surface area (Å²) >= 11 is 0. The number of methoxy groups -OCH3 is 1. The van der Waals surface area contributed by atoms with Crippen LogP contribution in [-0.4, -0.2) is 27.7 Å². The van der Waals surface area contributed by atoms with Crippen LogP contribution in [-0.2, 0) is 7.05 Å². The smallest absolute Gasteiger partial charge is 0.320 e. The van der Waals surface area contributed by atoms with Crippen molar-refractivity contribution in [2.45, 2.75) is 6.04 Å². The molecule has 0 fully saturated rings. The number of hydrogen-bond donors (Lipinski definition) is 2. The van der Waals surface area contributed by atoms with E-state index in [9.17, 15) is 4.79 Å². The van der Waals surface area contributed by atoms with E-state index in [4.69, 9.17) is 4.74 Å². The lowest BCUT2D eigenvalue weighted by Crippen LogP contribution is -2.34. The molecule has 0 spiro atoms. The van der Waals surface area contributed by atoms with Gasteiger partial charge < -0.3 is 19.9 Å². The molecule has 2 N–H and O–H groups in total. The number of nitrogens with zero attached hydrogens (tertiary/aromatic N) is 3. The van der Waals surface area contributed by atoms with Crippen LogP contribution in [0.5, 0.6) is 5.75 Å². The van der Waals surface area contributed by atoms with Crippen molar-refractivity contribution in [1.82, 2.24) is 19.9 Å². The highest BCUT2D eigenvalue weighted by Gasteiger charge is 2.21. The maximum atomic E-state index is 12.4. The number of hydrogen-bond acceptors (Lipinski definition) is 4. The molecule has 3 aromatic rings. The van der Waals surface area contributed by atoms with E-state index in [1.54, 1.807) is 37.8 Å². The first-order valence-corrected chi connectivity index (χ1v) is 7.76. The second-order valence-electron chi connectivity index (χ2n) is 5.45. The van der Waals surface area contributed by atoms with Crippen LogP contribution in [0.3, 0.4) is 0 Å². The van der Waals surface area contributed by atoms with Crippen molar-refractivity contribution in [2.24, 2.45) is 7.05 Å². The zero-order valence-electron chi connectivity index (χ0n) is 14.0. The van der Waals surface area contributed by atoms with Gasteiger partial charge in [0.2, 0.25) is 0 Å². The Kier molecular flexibility index (Phi) is 4.94. The van der Waals surface area contributed by atoms with Gasteiger partial charge in [-0.05, 0) is 29.8 Å². The van der Waals surface area contributed by atoms with Crippen molar-refractivity contribution >= 4 is 11.7 Å². The van der Waals surface area contributed by atoms with Crippen molar-refractivity contribution in [3.05, 3.63) is 72.6 Å². The third-order valence-electron chi connectivity index (χ3n) is 3.74. The molecule has 2 amide bonds. The van der Waals surface area contributed by atoms with Gasteiger partial charge in [-0.1, -0.05) is 12.1 Å². The number of urea groups is 1. The highest BCUT2D eigenvalue weighted by atomic mass is 16.5. The molecular formula is C18H19N5O2. The third kappa shape index (κ3) is 3.95. The van der Waals surface area contributed by atoms with Gasteiger partial charge in [0.25, 0.3) is 0 Å². The Morgan fingerprint density at radius 2 is 2.12 bits per heavy atom. The van der Waals surface area contributed by atoms with Crippen LogP contribution in [0.4, 0.5) is 10.5 Å². The van der Waals surface area contributed by atoms with Gasteiger partial charge in [0, 0.05) is 25.6 Å². The first-order valence-electron chi connectivity index (χ1n) is 7.76. The molecule has 1 unspecified atom stereocenters. The van der Waals surface area contributed by atoms with E-state index in [1.165, 1.54) is 0 Å². The summed E-state index contributed by atoms with van der Waals surface area (Å²) in [5, 5.41) is 5.73. The summed E-state index contributed by atoms with van der Waals surface area (Å²) < 4.78 is 7.16. The lowest BCUT2D eigenvalue weighted by molar-refractivity contribution is 0.249. The average Bonchev–Trinajstić information content (AvgIpc) is 3.06. The Morgan fingerprint density at radius 3 is 2.80 bits per heavy atom. The zero-order valence-corrected chi connectivity index (χ0v) is 14.0. The molecule has 128 valence electrons. The molecule has 0 saturated carbocycles. The topological polar surface area (TPSA) is 81.1 Å². The normalized spacial score (nSPS) is 11.6. The molecule has 0 radical (unpaired) electrons. The standard InChI is InChI=1S/C18H19N5O2/c1-23-10-9-20-17(23)16(13-5-3-7-15(11-13)25-2)22-18(24)21-14-6-4-8-19-12-14/h3-12,16H,1-2H3,(H2,21,22,24). The predicted molar refractivity (Wildman–Crippen MR) is 94.4 cm³/mol. The molecule has 1 atom stereocenters. The first-order chi connectivity index (χ1) is 12.2. The Morgan fingerprint density at radius 1 is 1.24 bits per heavy atom. The summed E-state index contributed by atoms with van der Waals surface area (Å²) in [5.74, 6) is 1.43. The minimum absolute atomic E-state index is 0.344. The summed E-state index contributed by atoms with van der Waals surface area (Å²) in [6.07, 6.45) is 6.77. The van der Waals surface area contributed by atoms with Crippen molar-refractivity contribution in [3.63, 3.8) is 0 Å². The summed E-state index contributed by atoms with van der Waals surface area (Å²) in [7, 11) is 3.49. The average molecular weight is 337 g/mol. The van der Waals surface area contributed by atoms with Crippen LogP contribution < -0.4 is 15.4 Å². The SMILES string of the molecule is COc1cccc(C(NC(=O)Nc2cccnc2)c2nccn2C)c1. The van der Waals surface area contributed by atoms with Gasteiger partial charge in [-0.3, -0.25) is 4.98 Å². The monoisotopic (exact) mass is 337 g/mol. The molecule has 7 nitrogen and oxygen atoms in total. The molecule has 0 aliphatic rings. The predicted octanol–water partition coefficient (Wildman–Crippen LogP) is 2.73. The highest BCUT2D eigenvalue weighted by molar-refractivity contribution is 5.89. The zero-order chi connectivity index (χ0) is 17.6. The van der Waals surface area contributed by atoms with Gasteiger partial charge in [-0.15, -0.1) is 0 Å². The summed E-state index contributed by atoms with van der Waals surface area (Å²) in [6, 6.07) is 10.3. The van der Waals surface area contributed by atoms with Crippen LogP contribution in [0.25, 0.3) is 0 Å². The number of aryl methyl sites for hydroxylation is 1. The molecular weight excluding hydrogens is 318 g/mol. The third-order valence-corrected chi connectivity index (χ3v) is 3.74. The number of aromatic nitrogens is 3. The molecule has 25 heavy (non-hydrogen) atoms. The minimum Gasteiger partial charge on any atom is -0.497 e. The molecule has 0 aliphatic carbocycles. The molecule has 3 rings (SSSR count). The van der Waals surface area contributed by atoms with Crippen molar-refractivity contribution in [1.29, 1.82) is 0 Å². The minimum atomic E-state index is -0.424. The van der Waals surface area contributed by atoms with Gasteiger partial charge in [-0.2, -0.15) is 0 Å². The second kappa shape index (κ2) is 7.48. The van der Waals surface area contributed by atoms with E-state index in [-0.39, 0.29) is 6.03 Å². The van der Waals surface area contributed by atoms with Gasteiger partial charge >= 0.3 is 6.03 Å². The van der Waals surface area contributed by atoms with Gasteiger partial charge in [0.1, 0.15) is 17.6 Å². The quantitative estimate of drug-likeness (QED) is 0.750. The van der Waals surface area contributed by atoms with Crippen LogP contribution in [0, 0.1) is 0 Å². The van der Waals surface area contributed by atoms with Crippen molar-refractivity contribution in [2.75, 3.05) is 12.4 Å². The van der Waals surface area contributed by atoms with E-state index in [1.807, 2.05) is 42.1 Å².